The molecule has 1 aromatic heterocycles. The van der Waals surface area contributed by atoms with Gasteiger partial charge in [0.2, 0.25) is 5.91 Å². The van der Waals surface area contributed by atoms with Gasteiger partial charge in [-0.15, -0.1) is 0 Å². The van der Waals surface area contributed by atoms with Crippen molar-refractivity contribution in [2.75, 3.05) is 6.61 Å². The van der Waals surface area contributed by atoms with Crippen LogP contribution in [0.2, 0.25) is 0 Å². The van der Waals surface area contributed by atoms with Gasteiger partial charge < -0.3 is 10.1 Å². The molecule has 2 aromatic carbocycles. The van der Waals surface area contributed by atoms with Crippen molar-refractivity contribution in [3.8, 4) is 17.0 Å². The number of hydrogen-bond acceptors (Lipinski definition) is 4. The number of ether oxygens (including phenoxy) is 1. The number of Topliss-reactive ketones (excluding diaryl/α,β-unsaturated/α-hetero) is 1. The molecule has 0 spiro atoms. The van der Waals surface area contributed by atoms with Crippen LogP contribution in [-0.4, -0.2) is 28.5 Å². The molecule has 0 unspecified atom stereocenters. The zero-order chi connectivity index (χ0) is 19.8. The Bertz CT molecular complexity index is 901. The Labute approximate surface area is 163 Å². The summed E-state index contributed by atoms with van der Waals surface area (Å²) in [7, 11) is 0. The minimum absolute atomic E-state index is 0.0536. The summed E-state index contributed by atoms with van der Waals surface area (Å²) in [5.41, 5.74) is 3.57. The van der Waals surface area contributed by atoms with Crippen LogP contribution in [0.5, 0.6) is 5.75 Å². The molecule has 0 atom stereocenters. The molecule has 0 aliphatic carbocycles. The molecule has 0 radical (unpaired) electrons. The number of ketones is 1. The molecule has 6 heteroatoms. The number of benzene rings is 2. The maximum Gasteiger partial charge on any atom is 0.220 e. The molecule has 144 valence electrons. The number of aromatic amines is 1. The lowest BCUT2D eigenvalue weighted by Gasteiger charge is -2.07. The van der Waals surface area contributed by atoms with Crippen LogP contribution in [-0.2, 0) is 11.3 Å². The second kappa shape index (κ2) is 9.50. The van der Waals surface area contributed by atoms with Gasteiger partial charge >= 0.3 is 0 Å². The van der Waals surface area contributed by atoms with E-state index in [9.17, 15) is 9.59 Å². The third kappa shape index (κ3) is 5.30. The van der Waals surface area contributed by atoms with Crippen LogP contribution < -0.4 is 10.1 Å². The average Bonchev–Trinajstić information content (AvgIpc) is 3.26. The maximum absolute atomic E-state index is 12.2. The lowest BCUT2D eigenvalue weighted by Crippen LogP contribution is -2.23. The van der Waals surface area contributed by atoms with Gasteiger partial charge in [-0.2, -0.15) is 5.10 Å². The van der Waals surface area contributed by atoms with Crippen molar-refractivity contribution in [2.24, 2.45) is 0 Å². The van der Waals surface area contributed by atoms with Crippen LogP contribution in [0.3, 0.4) is 0 Å². The van der Waals surface area contributed by atoms with Crippen LogP contribution >= 0.6 is 0 Å². The van der Waals surface area contributed by atoms with E-state index in [-0.39, 0.29) is 24.5 Å². The number of nitrogens with zero attached hydrogens (tertiary/aromatic N) is 1. The summed E-state index contributed by atoms with van der Waals surface area (Å²) >= 11 is 0. The Morgan fingerprint density at radius 2 is 1.75 bits per heavy atom. The molecule has 1 amide bonds. The summed E-state index contributed by atoms with van der Waals surface area (Å²) < 4.78 is 5.36. The molecule has 0 aliphatic heterocycles. The maximum atomic E-state index is 12.2. The van der Waals surface area contributed by atoms with Gasteiger partial charge in [-0.05, 0) is 48.4 Å². The topological polar surface area (TPSA) is 84.1 Å². The average molecular weight is 377 g/mol. The van der Waals surface area contributed by atoms with Crippen LogP contribution in [0.1, 0.15) is 35.7 Å². The Morgan fingerprint density at radius 3 is 2.39 bits per heavy atom. The third-order valence-corrected chi connectivity index (χ3v) is 4.32. The number of amides is 1. The first-order valence-electron chi connectivity index (χ1n) is 9.27. The molecule has 3 aromatic rings. The molecule has 0 aliphatic rings. The van der Waals surface area contributed by atoms with Gasteiger partial charge in [0.15, 0.2) is 5.78 Å². The normalized spacial score (nSPS) is 10.5. The van der Waals surface area contributed by atoms with E-state index in [1.54, 1.807) is 30.5 Å². The van der Waals surface area contributed by atoms with E-state index in [1.165, 1.54) is 0 Å². The zero-order valence-corrected chi connectivity index (χ0v) is 15.8. The largest absolute Gasteiger partial charge is 0.494 e. The van der Waals surface area contributed by atoms with Gasteiger partial charge in [0.1, 0.15) is 5.75 Å². The van der Waals surface area contributed by atoms with Gasteiger partial charge in [-0.1, -0.05) is 24.3 Å². The molecular formula is C22H23N3O3. The summed E-state index contributed by atoms with van der Waals surface area (Å²) in [6, 6.07) is 16.8. The van der Waals surface area contributed by atoms with Crippen LogP contribution in [0, 0.1) is 0 Å². The molecule has 6 nitrogen and oxygen atoms in total. The van der Waals surface area contributed by atoms with Crippen molar-refractivity contribution in [3.05, 3.63) is 71.9 Å². The molecule has 0 bridgehead atoms. The van der Waals surface area contributed by atoms with E-state index < -0.39 is 0 Å². The molecule has 0 saturated heterocycles. The number of carbonyl (C=O) groups is 2. The summed E-state index contributed by atoms with van der Waals surface area (Å²) in [6.07, 6.45) is 2.05. The van der Waals surface area contributed by atoms with Crippen LogP contribution in [0.15, 0.2) is 60.8 Å². The highest BCUT2D eigenvalue weighted by atomic mass is 16.5. The summed E-state index contributed by atoms with van der Waals surface area (Å²) in [5, 5.41) is 9.70. The minimum atomic E-state index is -0.142. The SMILES string of the molecule is CCOc1ccc(C(=O)CCC(=O)NCc2ccc(-c3ccn[nH]3)cc2)cc1. The minimum Gasteiger partial charge on any atom is -0.494 e. The second-order valence-corrected chi connectivity index (χ2v) is 6.32. The predicted molar refractivity (Wildman–Crippen MR) is 107 cm³/mol. The van der Waals surface area contributed by atoms with E-state index in [0.717, 1.165) is 22.6 Å². The lowest BCUT2D eigenvalue weighted by molar-refractivity contribution is -0.121. The van der Waals surface area contributed by atoms with E-state index in [2.05, 4.69) is 15.5 Å². The van der Waals surface area contributed by atoms with Crippen molar-refractivity contribution in [1.82, 2.24) is 15.5 Å². The number of nitrogens with one attached hydrogen (secondary N) is 2. The van der Waals surface area contributed by atoms with Gasteiger partial charge in [-0.3, -0.25) is 14.7 Å². The molecule has 0 fully saturated rings. The van der Waals surface area contributed by atoms with Gasteiger partial charge in [0.05, 0.1) is 12.3 Å². The molecule has 28 heavy (non-hydrogen) atoms. The van der Waals surface area contributed by atoms with Crippen LogP contribution in [0.4, 0.5) is 0 Å². The third-order valence-electron chi connectivity index (χ3n) is 4.32. The predicted octanol–water partition coefficient (Wildman–Crippen LogP) is 3.75. The van der Waals surface area contributed by atoms with Crippen molar-refractivity contribution in [2.45, 2.75) is 26.3 Å². The Hall–Kier alpha value is -3.41. The number of hydrogen-bond donors (Lipinski definition) is 2. The van der Waals surface area contributed by atoms with Gasteiger partial charge in [0.25, 0.3) is 0 Å². The quantitative estimate of drug-likeness (QED) is 0.556. The van der Waals surface area contributed by atoms with Crippen molar-refractivity contribution >= 4 is 11.7 Å². The highest BCUT2D eigenvalue weighted by Crippen LogP contribution is 2.17. The highest BCUT2D eigenvalue weighted by molar-refractivity contribution is 5.98. The molecule has 1 heterocycles. The second-order valence-electron chi connectivity index (χ2n) is 6.32. The van der Waals surface area contributed by atoms with Crippen molar-refractivity contribution in [3.63, 3.8) is 0 Å². The van der Waals surface area contributed by atoms with E-state index >= 15 is 0 Å². The smallest absolute Gasteiger partial charge is 0.220 e. The molecule has 0 saturated carbocycles. The molecule has 3 rings (SSSR count). The lowest BCUT2D eigenvalue weighted by atomic mass is 10.1. The summed E-state index contributed by atoms with van der Waals surface area (Å²) in [4.78, 5) is 24.3. The fourth-order valence-corrected chi connectivity index (χ4v) is 2.78. The number of carbonyl (C=O) groups excluding carboxylic acids is 2. The van der Waals surface area contributed by atoms with E-state index in [1.807, 2.05) is 37.3 Å². The van der Waals surface area contributed by atoms with Crippen molar-refractivity contribution < 1.29 is 14.3 Å². The highest BCUT2D eigenvalue weighted by Gasteiger charge is 2.10. The first-order valence-corrected chi connectivity index (χ1v) is 9.27. The fraction of sp³-hybridized carbons (Fsp3) is 0.227. The standard InChI is InChI=1S/C22H23N3O3/c1-2-28-19-9-7-18(8-10-19)21(26)11-12-22(27)23-15-16-3-5-17(6-4-16)20-13-14-24-25-20/h3-10,13-14H,2,11-12,15H2,1H3,(H,23,27)(H,24,25). The molecular weight excluding hydrogens is 354 g/mol. The number of rotatable bonds is 9. The first-order chi connectivity index (χ1) is 13.7. The van der Waals surface area contributed by atoms with Gasteiger partial charge in [0, 0.05) is 31.1 Å². The monoisotopic (exact) mass is 377 g/mol. The fourth-order valence-electron chi connectivity index (χ4n) is 2.78. The van der Waals surface area contributed by atoms with Gasteiger partial charge in [-0.25, -0.2) is 0 Å². The van der Waals surface area contributed by atoms with Crippen LogP contribution in [0.25, 0.3) is 11.3 Å². The zero-order valence-electron chi connectivity index (χ0n) is 15.8. The Balaban J connectivity index is 1.43. The number of aromatic nitrogens is 2. The van der Waals surface area contributed by atoms with Crippen molar-refractivity contribution in [1.29, 1.82) is 0 Å². The van der Waals surface area contributed by atoms with E-state index in [4.69, 9.17) is 4.74 Å². The Kier molecular flexibility index (Phi) is 6.57. The number of H-pyrrole nitrogens is 1. The Morgan fingerprint density at radius 1 is 1.00 bits per heavy atom. The summed E-state index contributed by atoms with van der Waals surface area (Å²) in [6.45, 7) is 2.92. The first kappa shape index (κ1) is 19.4. The van der Waals surface area contributed by atoms with E-state index in [0.29, 0.717) is 18.7 Å². The summed E-state index contributed by atoms with van der Waals surface area (Å²) in [5.74, 6) is 0.536. The molecule has 2 N–H and O–H groups in total.